The summed E-state index contributed by atoms with van der Waals surface area (Å²) < 4.78 is 0. The predicted molar refractivity (Wildman–Crippen MR) is 90.6 cm³/mol. The predicted octanol–water partition coefficient (Wildman–Crippen LogP) is 3.89. The van der Waals surface area contributed by atoms with Crippen LogP contribution in [0.2, 0.25) is 0 Å². The van der Waals surface area contributed by atoms with Gasteiger partial charge in [-0.2, -0.15) is 0 Å². The summed E-state index contributed by atoms with van der Waals surface area (Å²) in [6.07, 6.45) is 14.1. The molecule has 20 heavy (non-hydrogen) atoms. The Kier molecular flexibility index (Phi) is 7.62. The molecule has 0 saturated heterocycles. The summed E-state index contributed by atoms with van der Waals surface area (Å²) in [5.41, 5.74) is 11.8. The average molecular weight is 323 g/mol. The number of fused-ring (bicyclic) bond motifs is 2. The lowest BCUT2D eigenvalue weighted by molar-refractivity contribution is 0.421. The summed E-state index contributed by atoms with van der Waals surface area (Å²) in [4.78, 5) is 0. The van der Waals surface area contributed by atoms with Crippen molar-refractivity contribution in [1.82, 2.24) is 0 Å². The van der Waals surface area contributed by atoms with Crippen LogP contribution in [0.5, 0.6) is 0 Å². The summed E-state index contributed by atoms with van der Waals surface area (Å²) in [5, 5.41) is 0. The van der Waals surface area contributed by atoms with Gasteiger partial charge in [-0.05, 0) is 62.2 Å². The monoisotopic (exact) mass is 322 g/mol. The molecule has 4 saturated carbocycles. The van der Waals surface area contributed by atoms with E-state index in [-0.39, 0.29) is 24.8 Å². The third kappa shape index (κ3) is 3.82. The quantitative estimate of drug-likeness (QED) is 0.710. The van der Waals surface area contributed by atoms with Gasteiger partial charge < -0.3 is 11.5 Å². The van der Waals surface area contributed by atoms with Crippen molar-refractivity contribution < 1.29 is 0 Å². The van der Waals surface area contributed by atoms with Crippen LogP contribution in [0, 0.1) is 23.7 Å². The van der Waals surface area contributed by atoms with Gasteiger partial charge in [0.15, 0.2) is 0 Å². The number of nitrogens with two attached hydrogens (primary N) is 2. The molecule has 4 N–H and O–H groups in total. The molecule has 0 radical (unpaired) electrons. The van der Waals surface area contributed by atoms with Crippen molar-refractivity contribution in [1.29, 1.82) is 0 Å². The molecule has 0 aromatic heterocycles. The van der Waals surface area contributed by atoms with Gasteiger partial charge in [-0.1, -0.05) is 25.7 Å². The maximum atomic E-state index is 5.92. The molecule has 0 spiro atoms. The number of hydrogen-bond donors (Lipinski definition) is 2. The Bertz CT molecular complexity index is 260. The van der Waals surface area contributed by atoms with Crippen molar-refractivity contribution in [3.05, 3.63) is 0 Å². The summed E-state index contributed by atoms with van der Waals surface area (Å²) in [5.74, 6) is 3.90. The molecule has 0 bridgehead atoms. The van der Waals surface area contributed by atoms with E-state index in [0.29, 0.717) is 12.1 Å². The van der Waals surface area contributed by atoms with Gasteiger partial charge in [-0.15, -0.1) is 24.8 Å². The molecule has 6 atom stereocenters. The second kappa shape index (κ2) is 8.22. The topological polar surface area (TPSA) is 52.0 Å². The molecule has 0 heterocycles. The zero-order valence-corrected chi connectivity index (χ0v) is 14.1. The normalized spacial score (nSPS) is 44.7. The van der Waals surface area contributed by atoms with Gasteiger partial charge >= 0.3 is 0 Å². The molecular formula is C16H32Cl2N2. The minimum Gasteiger partial charge on any atom is -0.327 e. The SMILES string of the molecule is Cl.Cl.N[C@@H]1CC[C@H]2CCC[C@H]21.N[C@H]1CC[C@@H]2CCC[C@@H]21. The van der Waals surface area contributed by atoms with Crippen molar-refractivity contribution in [2.24, 2.45) is 35.1 Å². The first-order chi connectivity index (χ1) is 8.75. The van der Waals surface area contributed by atoms with E-state index in [9.17, 15) is 0 Å². The minimum atomic E-state index is 0. The van der Waals surface area contributed by atoms with Crippen LogP contribution in [-0.4, -0.2) is 12.1 Å². The fourth-order valence-electron chi connectivity index (χ4n) is 5.22. The van der Waals surface area contributed by atoms with E-state index in [1.165, 1.54) is 64.2 Å². The Labute approximate surface area is 136 Å². The van der Waals surface area contributed by atoms with Crippen LogP contribution in [-0.2, 0) is 0 Å². The first kappa shape index (κ1) is 18.5. The first-order valence-corrected chi connectivity index (χ1v) is 8.27. The van der Waals surface area contributed by atoms with E-state index in [2.05, 4.69) is 0 Å². The van der Waals surface area contributed by atoms with Crippen molar-refractivity contribution >= 4 is 24.8 Å². The Morgan fingerprint density at radius 1 is 0.500 bits per heavy atom. The molecule has 0 amide bonds. The highest BCUT2D eigenvalue weighted by Crippen LogP contribution is 2.43. The third-order valence-electron chi connectivity index (χ3n) is 6.28. The molecule has 0 aliphatic heterocycles. The molecule has 4 rings (SSSR count). The molecule has 120 valence electrons. The lowest BCUT2D eigenvalue weighted by Crippen LogP contribution is -2.24. The molecule has 2 nitrogen and oxygen atoms in total. The van der Waals surface area contributed by atoms with Gasteiger partial charge in [0.25, 0.3) is 0 Å². The van der Waals surface area contributed by atoms with Gasteiger partial charge in [0.1, 0.15) is 0 Å². The third-order valence-corrected chi connectivity index (χ3v) is 6.28. The Hall–Kier alpha value is 0.500. The Morgan fingerprint density at radius 2 is 0.900 bits per heavy atom. The van der Waals surface area contributed by atoms with Crippen LogP contribution in [0.1, 0.15) is 64.2 Å². The second-order valence-corrected chi connectivity index (χ2v) is 7.19. The maximum Gasteiger partial charge on any atom is 0.00699 e. The van der Waals surface area contributed by atoms with E-state index in [0.717, 1.165) is 23.7 Å². The van der Waals surface area contributed by atoms with Gasteiger partial charge in [0.05, 0.1) is 0 Å². The largest absolute Gasteiger partial charge is 0.327 e. The van der Waals surface area contributed by atoms with Gasteiger partial charge in [0.2, 0.25) is 0 Å². The van der Waals surface area contributed by atoms with E-state index in [1.54, 1.807) is 0 Å². The van der Waals surface area contributed by atoms with Crippen LogP contribution >= 0.6 is 24.8 Å². The van der Waals surface area contributed by atoms with E-state index < -0.39 is 0 Å². The summed E-state index contributed by atoms with van der Waals surface area (Å²) in [6.45, 7) is 0. The van der Waals surface area contributed by atoms with Gasteiger partial charge in [-0.3, -0.25) is 0 Å². The zero-order valence-electron chi connectivity index (χ0n) is 12.5. The van der Waals surface area contributed by atoms with E-state index in [1.807, 2.05) is 0 Å². The Morgan fingerprint density at radius 3 is 1.25 bits per heavy atom. The molecule has 4 aliphatic rings. The van der Waals surface area contributed by atoms with Crippen molar-refractivity contribution in [3.8, 4) is 0 Å². The maximum absolute atomic E-state index is 5.92. The molecule has 0 unspecified atom stereocenters. The second-order valence-electron chi connectivity index (χ2n) is 7.19. The van der Waals surface area contributed by atoms with Crippen molar-refractivity contribution in [3.63, 3.8) is 0 Å². The summed E-state index contributed by atoms with van der Waals surface area (Å²) in [6, 6.07) is 1.13. The number of rotatable bonds is 0. The molecule has 4 fully saturated rings. The highest BCUT2D eigenvalue weighted by Gasteiger charge is 2.37. The van der Waals surface area contributed by atoms with Crippen molar-refractivity contribution in [2.75, 3.05) is 0 Å². The van der Waals surface area contributed by atoms with E-state index >= 15 is 0 Å². The average Bonchev–Trinajstić information content (AvgIpc) is 3.06. The van der Waals surface area contributed by atoms with Crippen LogP contribution in [0.15, 0.2) is 0 Å². The molecule has 0 aromatic rings. The molecule has 4 aliphatic carbocycles. The van der Waals surface area contributed by atoms with Crippen LogP contribution in [0.4, 0.5) is 0 Å². The highest BCUT2D eigenvalue weighted by atomic mass is 35.5. The smallest absolute Gasteiger partial charge is 0.00699 e. The fraction of sp³-hybridized carbons (Fsp3) is 1.00. The van der Waals surface area contributed by atoms with Gasteiger partial charge in [0, 0.05) is 12.1 Å². The molecule has 4 heteroatoms. The van der Waals surface area contributed by atoms with Crippen LogP contribution in [0.3, 0.4) is 0 Å². The lowest BCUT2D eigenvalue weighted by Gasteiger charge is -2.11. The fourth-order valence-corrected chi connectivity index (χ4v) is 5.22. The van der Waals surface area contributed by atoms with E-state index in [4.69, 9.17) is 11.5 Å². The van der Waals surface area contributed by atoms with Crippen LogP contribution < -0.4 is 11.5 Å². The summed E-state index contributed by atoms with van der Waals surface area (Å²) >= 11 is 0. The number of hydrogen-bond acceptors (Lipinski definition) is 2. The Balaban J connectivity index is 0.000000182. The number of halogens is 2. The summed E-state index contributed by atoms with van der Waals surface area (Å²) in [7, 11) is 0. The lowest BCUT2D eigenvalue weighted by atomic mass is 9.98. The molecular weight excluding hydrogens is 291 g/mol. The first-order valence-electron chi connectivity index (χ1n) is 8.27. The zero-order chi connectivity index (χ0) is 12.5. The van der Waals surface area contributed by atoms with Gasteiger partial charge in [-0.25, -0.2) is 0 Å². The minimum absolute atomic E-state index is 0. The highest BCUT2D eigenvalue weighted by molar-refractivity contribution is 5.85. The van der Waals surface area contributed by atoms with Crippen LogP contribution in [0.25, 0.3) is 0 Å². The standard InChI is InChI=1S/2C8H15N.2ClH/c2*9-8-5-4-6-2-1-3-7(6)8;;/h2*6-8H,1-5,9H2;2*1H/t2*6-,7-,8-;;/m10../s1. The molecule has 0 aromatic carbocycles. The van der Waals surface area contributed by atoms with Crippen molar-refractivity contribution in [2.45, 2.75) is 76.3 Å².